The number of allylic oxidation sites excluding steroid dienone is 1. The first-order valence-corrected chi connectivity index (χ1v) is 6.76. The molecule has 0 fully saturated rings. The second kappa shape index (κ2) is 9.28. The van der Waals surface area contributed by atoms with E-state index < -0.39 is 18.0 Å². The van der Waals surface area contributed by atoms with Crippen molar-refractivity contribution in [3.05, 3.63) is 48.6 Å². The second-order valence-electron chi connectivity index (χ2n) is 4.45. The largest absolute Gasteiger partial charge is 0.466 e. The summed E-state index contributed by atoms with van der Waals surface area (Å²) in [7, 11) is 0. The zero-order valence-electron chi connectivity index (χ0n) is 11.8. The monoisotopic (exact) mass is 278 g/mol. The lowest BCUT2D eigenvalue weighted by Gasteiger charge is -2.20. The number of carbonyl (C=O) groups is 1. The lowest BCUT2D eigenvalue weighted by Crippen LogP contribution is -2.33. The van der Waals surface area contributed by atoms with E-state index in [4.69, 9.17) is 9.47 Å². The highest BCUT2D eigenvalue weighted by Gasteiger charge is 2.27. The predicted octanol–water partition coefficient (Wildman–Crippen LogP) is 2.32. The molecule has 0 spiro atoms. The van der Waals surface area contributed by atoms with E-state index in [1.54, 1.807) is 13.0 Å². The van der Waals surface area contributed by atoms with Gasteiger partial charge in [-0.15, -0.1) is 6.58 Å². The first kappa shape index (κ1) is 16.4. The highest BCUT2D eigenvalue weighted by atomic mass is 16.5. The Bertz CT molecular complexity index is 402. The van der Waals surface area contributed by atoms with E-state index in [0.29, 0.717) is 19.6 Å². The van der Waals surface area contributed by atoms with Crippen molar-refractivity contribution in [3.63, 3.8) is 0 Å². The zero-order chi connectivity index (χ0) is 14.8. The van der Waals surface area contributed by atoms with Gasteiger partial charge in [0.25, 0.3) is 0 Å². The number of benzene rings is 1. The van der Waals surface area contributed by atoms with Gasteiger partial charge < -0.3 is 14.6 Å². The SMILES string of the molecule is C=CC[C@H](C(=O)OCC)[C@@H](O)COCc1ccccc1. The molecule has 1 aromatic carbocycles. The number of aliphatic hydroxyl groups is 1. The molecule has 2 atom stereocenters. The third-order valence-corrected chi connectivity index (χ3v) is 2.87. The van der Waals surface area contributed by atoms with Crippen LogP contribution in [0, 0.1) is 5.92 Å². The van der Waals surface area contributed by atoms with Crippen molar-refractivity contribution in [1.82, 2.24) is 0 Å². The summed E-state index contributed by atoms with van der Waals surface area (Å²) < 4.78 is 10.4. The molecule has 0 aliphatic heterocycles. The van der Waals surface area contributed by atoms with Crippen LogP contribution in [0.2, 0.25) is 0 Å². The molecule has 1 aromatic rings. The summed E-state index contributed by atoms with van der Waals surface area (Å²) >= 11 is 0. The first-order chi connectivity index (χ1) is 9.69. The second-order valence-corrected chi connectivity index (χ2v) is 4.45. The molecule has 0 unspecified atom stereocenters. The van der Waals surface area contributed by atoms with E-state index in [-0.39, 0.29) is 6.61 Å². The summed E-state index contributed by atoms with van der Waals surface area (Å²) in [6, 6.07) is 9.67. The lowest BCUT2D eigenvalue weighted by atomic mass is 9.99. The minimum atomic E-state index is -0.893. The average Bonchev–Trinajstić information content (AvgIpc) is 2.46. The van der Waals surface area contributed by atoms with Crippen molar-refractivity contribution < 1.29 is 19.4 Å². The van der Waals surface area contributed by atoms with Crippen molar-refractivity contribution in [2.45, 2.75) is 26.1 Å². The van der Waals surface area contributed by atoms with Gasteiger partial charge in [0.1, 0.15) is 0 Å². The Morgan fingerprint density at radius 2 is 2.10 bits per heavy atom. The van der Waals surface area contributed by atoms with Crippen LogP contribution in [-0.4, -0.2) is 30.4 Å². The van der Waals surface area contributed by atoms with Gasteiger partial charge in [0.15, 0.2) is 0 Å². The fourth-order valence-electron chi connectivity index (χ4n) is 1.83. The van der Waals surface area contributed by atoms with Crippen molar-refractivity contribution >= 4 is 5.97 Å². The molecule has 0 heterocycles. The molecular formula is C16H22O4. The van der Waals surface area contributed by atoms with Crippen molar-refractivity contribution in [1.29, 1.82) is 0 Å². The zero-order valence-corrected chi connectivity index (χ0v) is 11.8. The molecule has 0 aliphatic carbocycles. The molecule has 0 aromatic heterocycles. The van der Waals surface area contributed by atoms with Crippen molar-refractivity contribution in [3.8, 4) is 0 Å². The fourth-order valence-corrected chi connectivity index (χ4v) is 1.83. The Hall–Kier alpha value is -1.65. The van der Waals surface area contributed by atoms with Crippen molar-refractivity contribution in [2.75, 3.05) is 13.2 Å². The summed E-state index contributed by atoms with van der Waals surface area (Å²) in [5, 5.41) is 10.0. The molecule has 0 amide bonds. The van der Waals surface area contributed by atoms with Crippen LogP contribution >= 0.6 is 0 Å². The highest BCUT2D eigenvalue weighted by molar-refractivity contribution is 5.73. The quantitative estimate of drug-likeness (QED) is 0.556. The molecule has 0 bridgehead atoms. The Morgan fingerprint density at radius 3 is 2.70 bits per heavy atom. The molecule has 1 N–H and O–H groups in total. The Kier molecular flexibility index (Phi) is 7.62. The smallest absolute Gasteiger partial charge is 0.311 e. The molecule has 1 rings (SSSR count). The number of hydrogen-bond donors (Lipinski definition) is 1. The summed E-state index contributed by atoms with van der Waals surface area (Å²) in [6.45, 7) is 6.12. The highest BCUT2D eigenvalue weighted by Crippen LogP contribution is 2.13. The van der Waals surface area contributed by atoms with Gasteiger partial charge in [-0.05, 0) is 18.9 Å². The summed E-state index contributed by atoms with van der Waals surface area (Å²) in [4.78, 5) is 11.7. The van der Waals surface area contributed by atoms with E-state index in [9.17, 15) is 9.90 Å². The molecule has 20 heavy (non-hydrogen) atoms. The van der Waals surface area contributed by atoms with Gasteiger partial charge in [-0.2, -0.15) is 0 Å². The number of hydrogen-bond acceptors (Lipinski definition) is 4. The van der Waals surface area contributed by atoms with Gasteiger partial charge in [-0.1, -0.05) is 36.4 Å². The topological polar surface area (TPSA) is 55.8 Å². The summed E-state index contributed by atoms with van der Waals surface area (Å²) in [5.41, 5.74) is 1.02. The third kappa shape index (κ3) is 5.55. The van der Waals surface area contributed by atoms with Crippen LogP contribution in [-0.2, 0) is 20.9 Å². The minimum absolute atomic E-state index is 0.0895. The molecule has 110 valence electrons. The van der Waals surface area contributed by atoms with E-state index in [2.05, 4.69) is 6.58 Å². The Balaban J connectivity index is 2.43. The molecule has 0 aliphatic rings. The van der Waals surface area contributed by atoms with Gasteiger partial charge in [-0.25, -0.2) is 0 Å². The molecule has 0 saturated carbocycles. The average molecular weight is 278 g/mol. The predicted molar refractivity (Wildman–Crippen MR) is 77.0 cm³/mol. The molecular weight excluding hydrogens is 256 g/mol. The minimum Gasteiger partial charge on any atom is -0.466 e. The fraction of sp³-hybridized carbons (Fsp3) is 0.438. The van der Waals surface area contributed by atoms with Crippen LogP contribution in [0.3, 0.4) is 0 Å². The van der Waals surface area contributed by atoms with Crippen LogP contribution in [0.15, 0.2) is 43.0 Å². The number of carbonyl (C=O) groups excluding carboxylic acids is 1. The van der Waals surface area contributed by atoms with E-state index in [1.165, 1.54) is 0 Å². The normalized spacial score (nSPS) is 13.5. The number of ether oxygens (including phenoxy) is 2. The molecule has 0 saturated heterocycles. The number of aliphatic hydroxyl groups excluding tert-OH is 1. The molecule has 4 heteroatoms. The van der Waals surface area contributed by atoms with Crippen LogP contribution in [0.5, 0.6) is 0 Å². The van der Waals surface area contributed by atoms with Crippen molar-refractivity contribution in [2.24, 2.45) is 5.92 Å². The summed E-state index contributed by atoms with van der Waals surface area (Å²) in [5.74, 6) is -1.04. The van der Waals surface area contributed by atoms with E-state index in [0.717, 1.165) is 5.56 Å². The third-order valence-electron chi connectivity index (χ3n) is 2.87. The standard InChI is InChI=1S/C16H22O4/c1-3-8-14(16(18)20-4-2)15(17)12-19-11-13-9-6-5-7-10-13/h3,5-7,9-10,14-15,17H,1,4,8,11-12H2,2H3/t14-,15-/m0/s1. The van der Waals surface area contributed by atoms with E-state index in [1.807, 2.05) is 30.3 Å². The van der Waals surface area contributed by atoms with Crippen LogP contribution in [0.4, 0.5) is 0 Å². The number of rotatable bonds is 9. The van der Waals surface area contributed by atoms with Crippen LogP contribution in [0.25, 0.3) is 0 Å². The van der Waals surface area contributed by atoms with Gasteiger partial charge in [0, 0.05) is 0 Å². The molecule has 4 nitrogen and oxygen atoms in total. The lowest BCUT2D eigenvalue weighted by molar-refractivity contribution is -0.153. The van der Waals surface area contributed by atoms with Crippen LogP contribution < -0.4 is 0 Å². The first-order valence-electron chi connectivity index (χ1n) is 6.76. The van der Waals surface area contributed by atoms with E-state index >= 15 is 0 Å². The number of esters is 1. The Labute approximate surface area is 120 Å². The van der Waals surface area contributed by atoms with Gasteiger partial charge in [0.05, 0.1) is 31.8 Å². The maximum Gasteiger partial charge on any atom is 0.311 e. The van der Waals surface area contributed by atoms with Gasteiger partial charge in [-0.3, -0.25) is 4.79 Å². The Morgan fingerprint density at radius 1 is 1.40 bits per heavy atom. The van der Waals surface area contributed by atoms with Gasteiger partial charge >= 0.3 is 5.97 Å². The summed E-state index contributed by atoms with van der Waals surface area (Å²) in [6.07, 6.45) is 1.08. The maximum absolute atomic E-state index is 11.7. The van der Waals surface area contributed by atoms with Crippen LogP contribution in [0.1, 0.15) is 18.9 Å². The molecule has 0 radical (unpaired) electrons. The maximum atomic E-state index is 11.7. The van der Waals surface area contributed by atoms with Gasteiger partial charge in [0.2, 0.25) is 0 Å².